The molecule has 0 radical (unpaired) electrons. The summed E-state index contributed by atoms with van der Waals surface area (Å²) < 4.78 is 5.58. The van der Waals surface area contributed by atoms with E-state index in [1.54, 1.807) is 35.6 Å². The van der Waals surface area contributed by atoms with E-state index in [1.807, 2.05) is 16.8 Å². The van der Waals surface area contributed by atoms with Crippen LogP contribution in [0.1, 0.15) is 11.1 Å². The summed E-state index contributed by atoms with van der Waals surface area (Å²) in [4.78, 5) is 9.68. The van der Waals surface area contributed by atoms with E-state index < -0.39 is 4.92 Å². The van der Waals surface area contributed by atoms with Gasteiger partial charge in [0.05, 0.1) is 4.92 Å². The fourth-order valence-electron chi connectivity index (χ4n) is 1.36. The molecule has 1 heterocycles. The average Bonchev–Trinajstić information content (AvgIpc) is 2.88. The van der Waals surface area contributed by atoms with Crippen molar-refractivity contribution in [2.45, 2.75) is 6.61 Å². The van der Waals surface area contributed by atoms with Gasteiger partial charge in [0.15, 0.2) is 0 Å². The number of benzene rings is 1. The van der Waals surface area contributed by atoms with E-state index in [9.17, 15) is 10.1 Å². The summed E-state index contributed by atoms with van der Waals surface area (Å²) >= 11 is 1.63. The maximum absolute atomic E-state index is 10.2. The van der Waals surface area contributed by atoms with Crippen LogP contribution in [-0.2, 0) is 6.61 Å². The van der Waals surface area contributed by atoms with E-state index in [-0.39, 0.29) is 0 Å². The first-order chi connectivity index (χ1) is 8.74. The molecular weight excluding hydrogens is 250 g/mol. The van der Waals surface area contributed by atoms with Gasteiger partial charge in [-0.25, -0.2) is 0 Å². The number of thiophene rings is 1. The Balaban J connectivity index is 1.93. The van der Waals surface area contributed by atoms with Crippen molar-refractivity contribution in [3.05, 3.63) is 68.5 Å². The molecule has 4 nitrogen and oxygen atoms in total. The lowest BCUT2D eigenvalue weighted by atomic mass is 10.2. The Morgan fingerprint density at radius 2 is 2.06 bits per heavy atom. The first-order valence-corrected chi connectivity index (χ1v) is 6.24. The van der Waals surface area contributed by atoms with Crippen LogP contribution in [0.5, 0.6) is 5.75 Å². The van der Waals surface area contributed by atoms with Crippen molar-refractivity contribution in [3.63, 3.8) is 0 Å². The molecule has 2 rings (SSSR count). The van der Waals surface area contributed by atoms with Gasteiger partial charge in [-0.1, -0.05) is 12.1 Å². The summed E-state index contributed by atoms with van der Waals surface area (Å²) in [5, 5.41) is 14.2. The molecule has 0 unspecified atom stereocenters. The van der Waals surface area contributed by atoms with E-state index in [1.165, 1.54) is 6.08 Å². The van der Waals surface area contributed by atoms with Crippen LogP contribution in [0.3, 0.4) is 0 Å². The van der Waals surface area contributed by atoms with Crippen molar-refractivity contribution in [1.29, 1.82) is 0 Å². The number of hydrogen-bond acceptors (Lipinski definition) is 4. The second-order valence-electron chi connectivity index (χ2n) is 3.59. The quantitative estimate of drug-likeness (QED) is 0.610. The molecule has 0 saturated carbocycles. The summed E-state index contributed by atoms with van der Waals surface area (Å²) in [5.41, 5.74) is 1.91. The highest BCUT2D eigenvalue weighted by Crippen LogP contribution is 2.16. The van der Waals surface area contributed by atoms with Crippen LogP contribution >= 0.6 is 11.3 Å². The molecule has 0 fully saturated rings. The van der Waals surface area contributed by atoms with Crippen molar-refractivity contribution in [1.82, 2.24) is 0 Å². The second kappa shape index (κ2) is 5.97. The molecule has 5 heteroatoms. The molecular formula is C13H11NO3S. The second-order valence-corrected chi connectivity index (χ2v) is 4.37. The maximum atomic E-state index is 10.2. The van der Waals surface area contributed by atoms with Crippen molar-refractivity contribution in [2.75, 3.05) is 0 Å². The van der Waals surface area contributed by atoms with Gasteiger partial charge in [0.25, 0.3) is 0 Å². The summed E-state index contributed by atoms with van der Waals surface area (Å²) in [6, 6.07) is 9.17. The molecule has 0 bridgehead atoms. The van der Waals surface area contributed by atoms with Gasteiger partial charge >= 0.3 is 0 Å². The van der Waals surface area contributed by atoms with Gasteiger partial charge < -0.3 is 4.74 Å². The zero-order valence-electron chi connectivity index (χ0n) is 9.48. The minimum absolute atomic E-state index is 0.485. The Hall–Kier alpha value is -2.14. The van der Waals surface area contributed by atoms with Crippen LogP contribution in [-0.4, -0.2) is 4.92 Å². The van der Waals surface area contributed by atoms with E-state index in [0.29, 0.717) is 6.61 Å². The van der Waals surface area contributed by atoms with Crippen molar-refractivity contribution in [3.8, 4) is 5.75 Å². The topological polar surface area (TPSA) is 52.4 Å². The van der Waals surface area contributed by atoms with E-state index in [4.69, 9.17) is 4.74 Å². The van der Waals surface area contributed by atoms with E-state index >= 15 is 0 Å². The molecule has 1 aromatic heterocycles. The highest BCUT2D eigenvalue weighted by Gasteiger charge is 1.97. The Kier molecular flexibility index (Phi) is 4.09. The van der Waals surface area contributed by atoms with Crippen molar-refractivity contribution in [2.24, 2.45) is 0 Å². The zero-order valence-corrected chi connectivity index (χ0v) is 10.3. The molecule has 0 aliphatic heterocycles. The summed E-state index contributed by atoms with van der Waals surface area (Å²) in [6.45, 7) is 0.535. The smallest absolute Gasteiger partial charge is 0.235 e. The molecule has 2 aromatic rings. The molecule has 0 aliphatic rings. The molecule has 0 aliphatic carbocycles. The molecule has 0 amide bonds. The third-order valence-electron chi connectivity index (χ3n) is 2.25. The first-order valence-electron chi connectivity index (χ1n) is 5.30. The number of nitrogens with zero attached hydrogens (tertiary/aromatic N) is 1. The van der Waals surface area contributed by atoms with Gasteiger partial charge in [0.2, 0.25) is 6.20 Å². The Morgan fingerprint density at radius 3 is 2.67 bits per heavy atom. The van der Waals surface area contributed by atoms with Crippen LogP contribution in [0.4, 0.5) is 0 Å². The lowest BCUT2D eigenvalue weighted by molar-refractivity contribution is -0.400. The van der Waals surface area contributed by atoms with Crippen molar-refractivity contribution >= 4 is 17.4 Å². The number of nitro groups is 1. The van der Waals surface area contributed by atoms with Gasteiger partial charge in [-0.2, -0.15) is 11.3 Å². The van der Waals surface area contributed by atoms with Crippen LogP contribution < -0.4 is 4.74 Å². The van der Waals surface area contributed by atoms with Gasteiger partial charge in [0, 0.05) is 6.08 Å². The predicted octanol–water partition coefficient (Wildman–Crippen LogP) is 3.57. The zero-order chi connectivity index (χ0) is 12.8. The molecule has 0 N–H and O–H groups in total. The lowest BCUT2D eigenvalue weighted by Crippen LogP contribution is -1.93. The number of rotatable bonds is 5. The molecule has 92 valence electrons. The van der Waals surface area contributed by atoms with Gasteiger partial charge in [-0.3, -0.25) is 10.1 Å². The minimum Gasteiger partial charge on any atom is -0.489 e. The molecule has 0 spiro atoms. The van der Waals surface area contributed by atoms with Crippen LogP contribution in [0.25, 0.3) is 6.08 Å². The normalized spacial score (nSPS) is 10.7. The summed E-state index contributed by atoms with van der Waals surface area (Å²) in [6.07, 6.45) is 2.36. The highest BCUT2D eigenvalue weighted by atomic mass is 32.1. The highest BCUT2D eigenvalue weighted by molar-refractivity contribution is 7.07. The van der Waals surface area contributed by atoms with Gasteiger partial charge in [0.1, 0.15) is 12.4 Å². The largest absolute Gasteiger partial charge is 0.489 e. The SMILES string of the molecule is O=[N+]([O-])C=Cc1ccc(OCc2ccsc2)cc1. The number of ether oxygens (including phenoxy) is 1. The fourth-order valence-corrected chi connectivity index (χ4v) is 2.02. The van der Waals surface area contributed by atoms with Crippen LogP contribution in [0, 0.1) is 10.1 Å². The summed E-state index contributed by atoms with van der Waals surface area (Å²) in [5.74, 6) is 0.749. The molecule has 1 aromatic carbocycles. The van der Waals surface area contributed by atoms with E-state index in [0.717, 1.165) is 23.1 Å². The van der Waals surface area contributed by atoms with Crippen LogP contribution in [0.2, 0.25) is 0 Å². The monoisotopic (exact) mass is 261 g/mol. The standard InChI is InChI=1S/C13H11NO3S/c15-14(16)7-5-11-1-3-13(4-2-11)17-9-12-6-8-18-10-12/h1-8,10H,9H2. The third kappa shape index (κ3) is 3.71. The third-order valence-corrected chi connectivity index (χ3v) is 2.99. The molecule has 0 saturated heterocycles. The minimum atomic E-state index is -0.485. The van der Waals surface area contributed by atoms with Gasteiger partial charge in [-0.15, -0.1) is 0 Å². The molecule has 18 heavy (non-hydrogen) atoms. The van der Waals surface area contributed by atoms with Crippen LogP contribution in [0.15, 0.2) is 47.3 Å². The maximum Gasteiger partial charge on any atom is 0.235 e. The molecule has 0 atom stereocenters. The number of hydrogen-bond donors (Lipinski definition) is 0. The lowest BCUT2D eigenvalue weighted by Gasteiger charge is -2.04. The fraction of sp³-hybridized carbons (Fsp3) is 0.0769. The Bertz CT molecular complexity index is 532. The Morgan fingerprint density at radius 1 is 1.28 bits per heavy atom. The first kappa shape index (κ1) is 12.3. The summed E-state index contributed by atoms with van der Waals surface area (Å²) in [7, 11) is 0. The van der Waals surface area contributed by atoms with Crippen molar-refractivity contribution < 1.29 is 9.66 Å². The predicted molar refractivity (Wildman–Crippen MR) is 71.1 cm³/mol. The van der Waals surface area contributed by atoms with E-state index in [2.05, 4.69) is 0 Å². The Labute approximate surface area is 108 Å². The average molecular weight is 261 g/mol. The van der Waals surface area contributed by atoms with Gasteiger partial charge in [-0.05, 0) is 40.1 Å².